The highest BCUT2D eigenvalue weighted by Gasteiger charge is 2.16. The van der Waals surface area contributed by atoms with Gasteiger partial charge in [0, 0.05) is 0 Å². The van der Waals surface area contributed by atoms with E-state index in [4.69, 9.17) is 11.0 Å². The van der Waals surface area contributed by atoms with Crippen LogP contribution in [0.4, 0.5) is 10.1 Å². The Labute approximate surface area is 111 Å². The molecule has 0 bridgehead atoms. The molecule has 2 N–H and O–H groups in total. The number of hydrogen-bond acceptors (Lipinski definition) is 3. The third kappa shape index (κ3) is 2.17. The third-order valence-electron chi connectivity index (χ3n) is 3.07. The molecule has 0 unspecified atom stereocenters. The number of halogens is 1. The van der Waals surface area contributed by atoms with Crippen LogP contribution >= 0.6 is 0 Å². The lowest BCUT2D eigenvalue weighted by Crippen LogP contribution is -2.05. The lowest BCUT2D eigenvalue weighted by atomic mass is 10.2. The van der Waals surface area contributed by atoms with Gasteiger partial charge in [-0.15, -0.1) is 0 Å². The van der Waals surface area contributed by atoms with Crippen molar-refractivity contribution in [1.29, 1.82) is 5.26 Å². The van der Waals surface area contributed by atoms with Crippen LogP contribution in [0, 0.1) is 17.1 Å². The normalized spacial score (nSPS) is 10.4. The number of hydrogen-bond donors (Lipinski definition) is 1. The highest BCUT2D eigenvalue weighted by atomic mass is 19.1. The Bertz CT molecular complexity index is 652. The number of anilines is 1. The molecule has 0 aliphatic carbocycles. The van der Waals surface area contributed by atoms with E-state index in [9.17, 15) is 4.39 Å². The van der Waals surface area contributed by atoms with Crippen LogP contribution < -0.4 is 5.73 Å². The zero-order chi connectivity index (χ0) is 14.0. The molecule has 0 spiro atoms. The SMILES string of the molecule is CCc1nn(-c2ccc(C#N)cc2F)c(CC)c1N. The smallest absolute Gasteiger partial charge is 0.150 e. The average Bonchev–Trinajstić information content (AvgIpc) is 2.74. The van der Waals surface area contributed by atoms with Crippen molar-refractivity contribution in [1.82, 2.24) is 9.78 Å². The molecule has 1 aromatic heterocycles. The van der Waals surface area contributed by atoms with Gasteiger partial charge in [0.15, 0.2) is 0 Å². The maximum atomic E-state index is 14.0. The van der Waals surface area contributed by atoms with Crippen LogP contribution in [0.3, 0.4) is 0 Å². The molecule has 0 amide bonds. The minimum Gasteiger partial charge on any atom is -0.396 e. The number of nitrogen functional groups attached to an aromatic ring is 1. The summed E-state index contributed by atoms with van der Waals surface area (Å²) in [7, 11) is 0. The number of aryl methyl sites for hydroxylation is 1. The molecule has 2 rings (SSSR count). The second kappa shape index (κ2) is 5.11. The summed E-state index contributed by atoms with van der Waals surface area (Å²) < 4.78 is 15.6. The van der Waals surface area contributed by atoms with E-state index < -0.39 is 5.82 Å². The first-order valence-electron chi connectivity index (χ1n) is 6.18. The fourth-order valence-electron chi connectivity index (χ4n) is 2.06. The summed E-state index contributed by atoms with van der Waals surface area (Å²) in [5, 5.41) is 13.1. The minimum absolute atomic E-state index is 0.287. The van der Waals surface area contributed by atoms with Gasteiger partial charge in [0.1, 0.15) is 11.5 Å². The number of benzene rings is 1. The van der Waals surface area contributed by atoms with Crippen LogP contribution in [0.1, 0.15) is 30.8 Å². The molecule has 98 valence electrons. The molecule has 0 saturated carbocycles. The van der Waals surface area contributed by atoms with Crippen molar-refractivity contribution in [2.45, 2.75) is 26.7 Å². The largest absolute Gasteiger partial charge is 0.396 e. The summed E-state index contributed by atoms with van der Waals surface area (Å²) in [4.78, 5) is 0. The van der Waals surface area contributed by atoms with Crippen LogP contribution in [0.25, 0.3) is 5.69 Å². The van der Waals surface area contributed by atoms with Crippen molar-refractivity contribution < 1.29 is 4.39 Å². The Hall–Kier alpha value is -2.35. The first kappa shape index (κ1) is 13.1. The van der Waals surface area contributed by atoms with Gasteiger partial charge in [-0.1, -0.05) is 13.8 Å². The predicted molar refractivity (Wildman–Crippen MR) is 71.4 cm³/mol. The van der Waals surface area contributed by atoms with Crippen molar-refractivity contribution in [3.8, 4) is 11.8 Å². The molecule has 2 aromatic rings. The number of aromatic nitrogens is 2. The molecule has 19 heavy (non-hydrogen) atoms. The van der Waals surface area contributed by atoms with E-state index >= 15 is 0 Å². The van der Waals surface area contributed by atoms with Crippen LogP contribution in [0.15, 0.2) is 18.2 Å². The van der Waals surface area contributed by atoms with E-state index in [1.54, 1.807) is 12.1 Å². The first-order valence-corrected chi connectivity index (χ1v) is 6.18. The highest BCUT2D eigenvalue weighted by Crippen LogP contribution is 2.24. The average molecular weight is 258 g/mol. The standard InChI is InChI=1S/C14H15FN4/c1-3-11-14(17)12(4-2)19(18-11)13-6-5-9(8-16)7-10(13)15/h5-7H,3-4,17H2,1-2H3. The molecular formula is C14H15FN4. The van der Waals surface area contributed by atoms with Crippen molar-refractivity contribution in [2.75, 3.05) is 5.73 Å². The summed E-state index contributed by atoms with van der Waals surface area (Å²) in [5.41, 5.74) is 8.79. The van der Waals surface area contributed by atoms with Crippen LogP contribution in [0.5, 0.6) is 0 Å². The number of nitriles is 1. The fraction of sp³-hybridized carbons (Fsp3) is 0.286. The van der Waals surface area contributed by atoms with E-state index in [1.165, 1.54) is 10.7 Å². The third-order valence-corrected chi connectivity index (χ3v) is 3.07. The molecule has 0 radical (unpaired) electrons. The van der Waals surface area contributed by atoms with Crippen LogP contribution in [-0.2, 0) is 12.8 Å². The number of rotatable bonds is 3. The van der Waals surface area contributed by atoms with Gasteiger partial charge in [-0.25, -0.2) is 9.07 Å². The summed E-state index contributed by atoms with van der Waals surface area (Å²) in [5.74, 6) is -0.473. The minimum atomic E-state index is -0.473. The summed E-state index contributed by atoms with van der Waals surface area (Å²) in [6.07, 6.45) is 1.36. The predicted octanol–water partition coefficient (Wildman–Crippen LogP) is 2.59. The maximum absolute atomic E-state index is 14.0. The lowest BCUT2D eigenvalue weighted by molar-refractivity contribution is 0.605. The molecule has 0 fully saturated rings. The van der Waals surface area contributed by atoms with Crippen molar-refractivity contribution >= 4 is 5.69 Å². The molecule has 5 heteroatoms. The molecule has 0 aliphatic heterocycles. The second-order valence-corrected chi connectivity index (χ2v) is 4.20. The molecule has 1 heterocycles. The van der Waals surface area contributed by atoms with Gasteiger partial charge >= 0.3 is 0 Å². The Balaban J connectivity index is 2.62. The Morgan fingerprint density at radius 1 is 1.37 bits per heavy atom. The van der Waals surface area contributed by atoms with Gasteiger partial charge in [-0.05, 0) is 31.0 Å². The zero-order valence-electron chi connectivity index (χ0n) is 10.9. The van der Waals surface area contributed by atoms with Gasteiger partial charge in [0.25, 0.3) is 0 Å². The summed E-state index contributed by atoms with van der Waals surface area (Å²) >= 11 is 0. The fourth-order valence-corrected chi connectivity index (χ4v) is 2.06. The number of nitrogens with two attached hydrogens (primary N) is 1. The van der Waals surface area contributed by atoms with Crippen LogP contribution in [-0.4, -0.2) is 9.78 Å². The van der Waals surface area contributed by atoms with Gasteiger partial charge in [0.2, 0.25) is 0 Å². The maximum Gasteiger partial charge on any atom is 0.150 e. The molecule has 0 aliphatic rings. The van der Waals surface area contributed by atoms with Crippen molar-refractivity contribution in [3.05, 3.63) is 41.0 Å². The van der Waals surface area contributed by atoms with E-state index in [-0.39, 0.29) is 5.56 Å². The summed E-state index contributed by atoms with van der Waals surface area (Å²) in [6, 6.07) is 6.24. The van der Waals surface area contributed by atoms with Crippen molar-refractivity contribution in [3.63, 3.8) is 0 Å². The molecule has 4 nitrogen and oxygen atoms in total. The highest BCUT2D eigenvalue weighted by molar-refractivity contribution is 5.52. The zero-order valence-corrected chi connectivity index (χ0v) is 10.9. The second-order valence-electron chi connectivity index (χ2n) is 4.20. The summed E-state index contributed by atoms with van der Waals surface area (Å²) in [6.45, 7) is 3.91. The van der Waals surface area contributed by atoms with Gasteiger partial charge < -0.3 is 5.73 Å². The number of nitrogens with zero attached hydrogens (tertiary/aromatic N) is 3. The van der Waals surface area contributed by atoms with Gasteiger partial charge in [-0.2, -0.15) is 10.4 Å². The lowest BCUT2D eigenvalue weighted by Gasteiger charge is -2.07. The molecular weight excluding hydrogens is 243 g/mol. The molecule has 0 atom stereocenters. The Morgan fingerprint density at radius 2 is 2.11 bits per heavy atom. The van der Waals surface area contributed by atoms with E-state index in [0.29, 0.717) is 24.2 Å². The van der Waals surface area contributed by atoms with E-state index in [0.717, 1.165) is 11.4 Å². The van der Waals surface area contributed by atoms with Crippen LogP contribution in [0.2, 0.25) is 0 Å². The Kier molecular flexibility index (Phi) is 3.52. The van der Waals surface area contributed by atoms with Crippen molar-refractivity contribution in [2.24, 2.45) is 0 Å². The quantitative estimate of drug-likeness (QED) is 0.920. The van der Waals surface area contributed by atoms with E-state index in [2.05, 4.69) is 5.10 Å². The van der Waals surface area contributed by atoms with Gasteiger partial charge in [0.05, 0.1) is 28.7 Å². The Morgan fingerprint density at radius 3 is 2.63 bits per heavy atom. The molecule has 1 aromatic carbocycles. The first-order chi connectivity index (χ1) is 9.12. The van der Waals surface area contributed by atoms with Gasteiger partial charge in [-0.3, -0.25) is 0 Å². The topological polar surface area (TPSA) is 67.6 Å². The van der Waals surface area contributed by atoms with E-state index in [1.807, 2.05) is 19.9 Å². The molecule has 0 saturated heterocycles. The monoisotopic (exact) mass is 258 g/mol.